The fourth-order valence-corrected chi connectivity index (χ4v) is 2.59. The van der Waals surface area contributed by atoms with Crippen LogP contribution in [0.25, 0.3) is 0 Å². The Hall–Kier alpha value is -1.22. The molecule has 94 valence electrons. The molecule has 0 N–H and O–H groups in total. The van der Waals surface area contributed by atoms with Crippen LogP contribution in [-0.4, -0.2) is 38.8 Å². The Kier molecular flexibility index (Phi) is 3.57. The molecule has 0 aliphatic carbocycles. The van der Waals surface area contributed by atoms with Crippen LogP contribution in [0.4, 0.5) is 5.69 Å². The SMILES string of the molecule is COc1ccc(C)cc1N1CCCC1N(C)C. The number of anilines is 1. The van der Waals surface area contributed by atoms with E-state index in [1.807, 2.05) is 0 Å². The maximum Gasteiger partial charge on any atom is 0.142 e. The van der Waals surface area contributed by atoms with Crippen molar-refractivity contribution in [2.24, 2.45) is 0 Å². The van der Waals surface area contributed by atoms with Crippen molar-refractivity contribution in [2.75, 3.05) is 32.6 Å². The van der Waals surface area contributed by atoms with Gasteiger partial charge < -0.3 is 9.64 Å². The molecule has 1 aromatic rings. The molecule has 0 amide bonds. The third kappa shape index (κ3) is 2.39. The van der Waals surface area contributed by atoms with Crippen LogP contribution in [0.5, 0.6) is 5.75 Å². The Morgan fingerprint density at radius 3 is 2.76 bits per heavy atom. The summed E-state index contributed by atoms with van der Waals surface area (Å²) in [6.07, 6.45) is 2.97. The van der Waals surface area contributed by atoms with Gasteiger partial charge in [0, 0.05) is 6.54 Å². The number of aryl methyl sites for hydroxylation is 1. The van der Waals surface area contributed by atoms with Crippen LogP contribution in [0.3, 0.4) is 0 Å². The van der Waals surface area contributed by atoms with Crippen molar-refractivity contribution in [3.63, 3.8) is 0 Å². The largest absolute Gasteiger partial charge is 0.495 e. The smallest absolute Gasteiger partial charge is 0.142 e. The molecule has 2 rings (SSSR count). The van der Waals surface area contributed by atoms with E-state index in [4.69, 9.17) is 4.74 Å². The first-order valence-corrected chi connectivity index (χ1v) is 6.21. The Morgan fingerprint density at radius 1 is 1.35 bits per heavy atom. The minimum atomic E-state index is 0.491. The van der Waals surface area contributed by atoms with Gasteiger partial charge in [-0.05, 0) is 51.6 Å². The van der Waals surface area contributed by atoms with E-state index in [9.17, 15) is 0 Å². The lowest BCUT2D eigenvalue weighted by Gasteiger charge is -2.32. The Balaban J connectivity index is 2.35. The molecule has 3 nitrogen and oxygen atoms in total. The summed E-state index contributed by atoms with van der Waals surface area (Å²) in [5.74, 6) is 0.976. The molecule has 1 aromatic carbocycles. The normalized spacial score (nSPS) is 20.1. The topological polar surface area (TPSA) is 15.7 Å². The molecule has 1 unspecified atom stereocenters. The summed E-state index contributed by atoms with van der Waals surface area (Å²) in [5, 5.41) is 0. The van der Waals surface area contributed by atoms with Crippen LogP contribution >= 0.6 is 0 Å². The maximum absolute atomic E-state index is 5.48. The number of ether oxygens (including phenoxy) is 1. The van der Waals surface area contributed by atoms with Crippen molar-refractivity contribution in [2.45, 2.75) is 25.9 Å². The maximum atomic E-state index is 5.48. The Labute approximate surface area is 104 Å². The average Bonchev–Trinajstić information content (AvgIpc) is 2.77. The molecular weight excluding hydrogens is 212 g/mol. The zero-order chi connectivity index (χ0) is 12.4. The third-order valence-corrected chi connectivity index (χ3v) is 3.46. The summed E-state index contributed by atoms with van der Waals surface area (Å²) in [5.41, 5.74) is 2.51. The zero-order valence-corrected chi connectivity index (χ0v) is 11.2. The lowest BCUT2D eigenvalue weighted by atomic mass is 10.2. The van der Waals surface area contributed by atoms with Gasteiger partial charge in [-0.3, -0.25) is 4.90 Å². The molecule has 0 bridgehead atoms. The van der Waals surface area contributed by atoms with Gasteiger partial charge in [-0.25, -0.2) is 0 Å². The van der Waals surface area contributed by atoms with Crippen LogP contribution in [0.2, 0.25) is 0 Å². The predicted molar refractivity (Wildman–Crippen MR) is 71.8 cm³/mol. The van der Waals surface area contributed by atoms with Crippen molar-refractivity contribution in [3.05, 3.63) is 23.8 Å². The number of hydrogen-bond acceptors (Lipinski definition) is 3. The van der Waals surface area contributed by atoms with E-state index in [0.29, 0.717) is 6.17 Å². The third-order valence-electron chi connectivity index (χ3n) is 3.46. The van der Waals surface area contributed by atoms with E-state index in [-0.39, 0.29) is 0 Å². The minimum Gasteiger partial charge on any atom is -0.495 e. The molecule has 1 saturated heterocycles. The predicted octanol–water partition coefficient (Wildman–Crippen LogP) is 2.49. The van der Waals surface area contributed by atoms with Crippen LogP contribution in [0.15, 0.2) is 18.2 Å². The summed E-state index contributed by atoms with van der Waals surface area (Å²) in [6.45, 7) is 3.24. The van der Waals surface area contributed by atoms with Crippen molar-refractivity contribution in [1.29, 1.82) is 0 Å². The van der Waals surface area contributed by atoms with Gasteiger partial charge in [-0.2, -0.15) is 0 Å². The number of benzene rings is 1. The highest BCUT2D eigenvalue weighted by Gasteiger charge is 2.28. The molecule has 1 aliphatic rings. The summed E-state index contributed by atoms with van der Waals surface area (Å²) < 4.78 is 5.48. The summed E-state index contributed by atoms with van der Waals surface area (Å²) in [6, 6.07) is 6.39. The highest BCUT2D eigenvalue weighted by atomic mass is 16.5. The van der Waals surface area contributed by atoms with E-state index >= 15 is 0 Å². The van der Waals surface area contributed by atoms with Crippen molar-refractivity contribution >= 4 is 5.69 Å². The quantitative estimate of drug-likeness (QED) is 0.799. The molecule has 17 heavy (non-hydrogen) atoms. The second-order valence-electron chi connectivity index (χ2n) is 4.96. The van der Waals surface area contributed by atoms with E-state index in [0.717, 1.165) is 12.3 Å². The molecule has 0 aromatic heterocycles. The summed E-state index contributed by atoms with van der Waals surface area (Å²) in [4.78, 5) is 4.74. The van der Waals surface area contributed by atoms with Gasteiger partial charge in [0.05, 0.1) is 19.0 Å². The summed E-state index contributed by atoms with van der Waals surface area (Å²) in [7, 11) is 6.03. The van der Waals surface area contributed by atoms with E-state index in [1.54, 1.807) is 7.11 Å². The second-order valence-corrected chi connectivity index (χ2v) is 4.96. The van der Waals surface area contributed by atoms with E-state index in [2.05, 4.69) is 49.0 Å². The van der Waals surface area contributed by atoms with Crippen molar-refractivity contribution < 1.29 is 4.74 Å². The average molecular weight is 234 g/mol. The minimum absolute atomic E-state index is 0.491. The lowest BCUT2D eigenvalue weighted by Crippen LogP contribution is -2.40. The number of nitrogens with zero attached hydrogens (tertiary/aromatic N) is 2. The Morgan fingerprint density at radius 2 is 2.12 bits per heavy atom. The van der Waals surface area contributed by atoms with Crippen molar-refractivity contribution in [3.8, 4) is 5.75 Å². The Bertz CT molecular complexity index is 390. The number of hydrogen-bond donors (Lipinski definition) is 0. The van der Waals surface area contributed by atoms with Crippen LogP contribution in [-0.2, 0) is 0 Å². The highest BCUT2D eigenvalue weighted by molar-refractivity contribution is 5.61. The van der Waals surface area contributed by atoms with Gasteiger partial charge in [0.1, 0.15) is 5.75 Å². The summed E-state index contributed by atoms with van der Waals surface area (Å²) >= 11 is 0. The fourth-order valence-electron chi connectivity index (χ4n) is 2.59. The van der Waals surface area contributed by atoms with Gasteiger partial charge in [0.25, 0.3) is 0 Å². The molecule has 1 atom stereocenters. The molecular formula is C14H22N2O. The number of methoxy groups -OCH3 is 1. The van der Waals surface area contributed by atoms with Gasteiger partial charge >= 0.3 is 0 Å². The first-order chi connectivity index (χ1) is 8.13. The van der Waals surface area contributed by atoms with Crippen LogP contribution in [0.1, 0.15) is 18.4 Å². The molecule has 3 heteroatoms. The molecule has 1 fully saturated rings. The standard InChI is InChI=1S/C14H22N2O/c1-11-7-8-13(17-4)12(10-11)16-9-5-6-14(16)15(2)3/h7-8,10,14H,5-6,9H2,1-4H3. The van der Waals surface area contributed by atoms with Gasteiger partial charge in [0.15, 0.2) is 0 Å². The van der Waals surface area contributed by atoms with Crippen LogP contribution in [0, 0.1) is 6.92 Å². The van der Waals surface area contributed by atoms with Gasteiger partial charge in [-0.15, -0.1) is 0 Å². The lowest BCUT2D eigenvalue weighted by molar-refractivity contribution is 0.299. The van der Waals surface area contributed by atoms with Gasteiger partial charge in [-0.1, -0.05) is 6.07 Å². The fraction of sp³-hybridized carbons (Fsp3) is 0.571. The molecule has 1 aliphatic heterocycles. The monoisotopic (exact) mass is 234 g/mol. The first-order valence-electron chi connectivity index (χ1n) is 6.21. The molecule has 0 radical (unpaired) electrons. The molecule has 1 heterocycles. The van der Waals surface area contributed by atoms with E-state index < -0.39 is 0 Å². The molecule has 0 spiro atoms. The second kappa shape index (κ2) is 4.96. The zero-order valence-electron chi connectivity index (χ0n) is 11.2. The van der Waals surface area contributed by atoms with Crippen molar-refractivity contribution in [1.82, 2.24) is 4.90 Å². The molecule has 0 saturated carbocycles. The van der Waals surface area contributed by atoms with Crippen LogP contribution < -0.4 is 9.64 Å². The number of rotatable bonds is 3. The first kappa shape index (κ1) is 12.2. The van der Waals surface area contributed by atoms with E-state index in [1.165, 1.54) is 24.1 Å². The highest BCUT2D eigenvalue weighted by Crippen LogP contribution is 2.34. The van der Waals surface area contributed by atoms with Gasteiger partial charge in [0.2, 0.25) is 0 Å².